The molecule has 0 unspecified atom stereocenters. The van der Waals surface area contributed by atoms with Crippen molar-refractivity contribution in [3.8, 4) is 10.6 Å². The van der Waals surface area contributed by atoms with Crippen molar-refractivity contribution in [2.45, 2.75) is 20.3 Å². The van der Waals surface area contributed by atoms with Gasteiger partial charge in [-0.15, -0.1) is 11.3 Å². The maximum absolute atomic E-state index is 11.3. The number of nitrogens with zero attached hydrogens (tertiary/aromatic N) is 1. The molecule has 1 aromatic heterocycles. The van der Waals surface area contributed by atoms with E-state index in [0.717, 1.165) is 5.56 Å². The minimum Gasteiger partial charge on any atom is -0.477 e. The number of aromatic nitrogens is 1. The van der Waals surface area contributed by atoms with Gasteiger partial charge < -0.3 is 5.11 Å². The number of carboxylic acid groups (broad SMARTS) is 1. The molecule has 2 rings (SSSR count). The van der Waals surface area contributed by atoms with Crippen molar-refractivity contribution < 1.29 is 9.90 Å². The lowest BCUT2D eigenvalue weighted by Crippen LogP contribution is -2.02. The highest BCUT2D eigenvalue weighted by Crippen LogP contribution is 2.30. The molecule has 0 aliphatic heterocycles. The Kier molecular flexibility index (Phi) is 4.22. The Morgan fingerprint density at radius 1 is 1.47 bits per heavy atom. The molecule has 0 atom stereocenters. The van der Waals surface area contributed by atoms with Gasteiger partial charge in [0, 0.05) is 10.6 Å². The Balaban J connectivity index is 2.45. The lowest BCUT2D eigenvalue weighted by molar-refractivity contribution is 0.0700. The van der Waals surface area contributed by atoms with Crippen LogP contribution in [-0.4, -0.2) is 16.1 Å². The van der Waals surface area contributed by atoms with Gasteiger partial charge in [-0.3, -0.25) is 0 Å². The maximum Gasteiger partial charge on any atom is 0.347 e. The van der Waals surface area contributed by atoms with Crippen LogP contribution in [0.2, 0.25) is 5.02 Å². The molecule has 0 spiro atoms. The quantitative estimate of drug-likeness (QED) is 0.911. The first kappa shape index (κ1) is 14.0. The molecule has 5 heteroatoms. The summed E-state index contributed by atoms with van der Waals surface area (Å²) >= 11 is 7.15. The Morgan fingerprint density at radius 3 is 2.79 bits per heavy atom. The molecular formula is C14H14ClNO2S. The number of aromatic carboxylic acids is 1. The number of hydrogen-bond donors (Lipinski definition) is 1. The van der Waals surface area contributed by atoms with Crippen LogP contribution < -0.4 is 0 Å². The van der Waals surface area contributed by atoms with Gasteiger partial charge in [0.2, 0.25) is 0 Å². The summed E-state index contributed by atoms with van der Waals surface area (Å²) in [6.07, 6.45) is 0.665. The second-order valence-electron chi connectivity index (χ2n) is 4.71. The molecular weight excluding hydrogens is 282 g/mol. The molecule has 19 heavy (non-hydrogen) atoms. The SMILES string of the molecule is CC(C)Cc1nc(-c2cccc(Cl)c2)sc1C(=O)O. The van der Waals surface area contributed by atoms with E-state index in [1.807, 2.05) is 26.0 Å². The summed E-state index contributed by atoms with van der Waals surface area (Å²) in [5.74, 6) is -0.547. The number of hydrogen-bond acceptors (Lipinski definition) is 3. The molecule has 3 nitrogen and oxygen atoms in total. The summed E-state index contributed by atoms with van der Waals surface area (Å²) in [6, 6.07) is 7.30. The topological polar surface area (TPSA) is 50.2 Å². The summed E-state index contributed by atoms with van der Waals surface area (Å²) < 4.78 is 0. The first-order chi connectivity index (χ1) is 8.97. The number of carbonyl (C=O) groups is 1. The standard InChI is InChI=1S/C14H14ClNO2S/c1-8(2)6-11-12(14(17)18)19-13(16-11)9-4-3-5-10(15)7-9/h3-5,7-8H,6H2,1-2H3,(H,17,18). The number of thiazole rings is 1. The first-order valence-electron chi connectivity index (χ1n) is 5.96. The van der Waals surface area contributed by atoms with Crippen LogP contribution in [-0.2, 0) is 6.42 Å². The first-order valence-corrected chi connectivity index (χ1v) is 7.15. The highest BCUT2D eigenvalue weighted by atomic mass is 35.5. The maximum atomic E-state index is 11.3. The molecule has 0 saturated carbocycles. The lowest BCUT2D eigenvalue weighted by Gasteiger charge is -2.01. The van der Waals surface area contributed by atoms with Gasteiger partial charge in [0.15, 0.2) is 0 Å². The van der Waals surface area contributed by atoms with E-state index in [-0.39, 0.29) is 0 Å². The second-order valence-corrected chi connectivity index (χ2v) is 6.14. The minimum absolute atomic E-state index is 0.323. The predicted molar refractivity (Wildman–Crippen MR) is 78.1 cm³/mol. The van der Waals surface area contributed by atoms with Crippen molar-refractivity contribution in [2.75, 3.05) is 0 Å². The molecule has 1 aromatic carbocycles. The van der Waals surface area contributed by atoms with E-state index in [0.29, 0.717) is 32.9 Å². The van der Waals surface area contributed by atoms with Crippen molar-refractivity contribution in [3.05, 3.63) is 39.9 Å². The van der Waals surface area contributed by atoms with Gasteiger partial charge in [0.05, 0.1) is 5.69 Å². The van der Waals surface area contributed by atoms with Crippen molar-refractivity contribution in [1.29, 1.82) is 0 Å². The zero-order valence-electron chi connectivity index (χ0n) is 10.7. The van der Waals surface area contributed by atoms with Crippen LogP contribution in [0.15, 0.2) is 24.3 Å². The third kappa shape index (κ3) is 3.33. The highest BCUT2D eigenvalue weighted by Gasteiger charge is 2.18. The fourth-order valence-electron chi connectivity index (χ4n) is 1.79. The van der Waals surface area contributed by atoms with Gasteiger partial charge >= 0.3 is 5.97 Å². The van der Waals surface area contributed by atoms with Crippen LogP contribution in [0, 0.1) is 5.92 Å². The molecule has 0 saturated heterocycles. The summed E-state index contributed by atoms with van der Waals surface area (Å²) in [4.78, 5) is 16.0. The van der Waals surface area contributed by atoms with Gasteiger partial charge in [-0.1, -0.05) is 37.6 Å². The van der Waals surface area contributed by atoms with E-state index in [1.54, 1.807) is 12.1 Å². The summed E-state index contributed by atoms with van der Waals surface area (Å²) in [6.45, 7) is 4.09. The predicted octanol–water partition coefficient (Wildman–Crippen LogP) is 4.36. The van der Waals surface area contributed by atoms with E-state index >= 15 is 0 Å². The van der Waals surface area contributed by atoms with Crippen molar-refractivity contribution in [1.82, 2.24) is 4.98 Å². The van der Waals surface area contributed by atoms with Crippen LogP contribution in [0.25, 0.3) is 10.6 Å². The van der Waals surface area contributed by atoms with Gasteiger partial charge in [-0.05, 0) is 24.5 Å². The molecule has 1 heterocycles. The largest absolute Gasteiger partial charge is 0.477 e. The molecule has 0 aliphatic carbocycles. The number of halogens is 1. The molecule has 0 aliphatic rings. The van der Waals surface area contributed by atoms with Crippen molar-refractivity contribution in [2.24, 2.45) is 5.92 Å². The summed E-state index contributed by atoms with van der Waals surface area (Å²) in [5.41, 5.74) is 1.51. The molecule has 0 radical (unpaired) electrons. The third-order valence-electron chi connectivity index (χ3n) is 2.56. The average Bonchev–Trinajstić information content (AvgIpc) is 2.72. The second kappa shape index (κ2) is 5.72. The smallest absolute Gasteiger partial charge is 0.347 e. The molecule has 0 fully saturated rings. The monoisotopic (exact) mass is 295 g/mol. The molecule has 2 aromatic rings. The highest BCUT2D eigenvalue weighted by molar-refractivity contribution is 7.17. The fourth-order valence-corrected chi connectivity index (χ4v) is 2.91. The Morgan fingerprint density at radius 2 is 2.21 bits per heavy atom. The van der Waals surface area contributed by atoms with Crippen LogP contribution in [0.5, 0.6) is 0 Å². The van der Waals surface area contributed by atoms with E-state index in [4.69, 9.17) is 11.6 Å². The van der Waals surface area contributed by atoms with Crippen LogP contribution in [0.4, 0.5) is 0 Å². The zero-order valence-corrected chi connectivity index (χ0v) is 12.3. The van der Waals surface area contributed by atoms with Crippen molar-refractivity contribution >= 4 is 28.9 Å². The van der Waals surface area contributed by atoms with E-state index < -0.39 is 5.97 Å². The average molecular weight is 296 g/mol. The summed E-state index contributed by atoms with van der Waals surface area (Å²) in [7, 11) is 0. The Bertz CT molecular complexity index is 607. The normalized spacial score (nSPS) is 10.9. The number of rotatable bonds is 4. The Labute approximate surface area is 120 Å². The van der Waals surface area contributed by atoms with Crippen molar-refractivity contribution in [3.63, 3.8) is 0 Å². The molecule has 100 valence electrons. The number of carboxylic acids is 1. The van der Waals surface area contributed by atoms with E-state index in [1.165, 1.54) is 11.3 Å². The van der Waals surface area contributed by atoms with Gasteiger partial charge in [0.25, 0.3) is 0 Å². The molecule has 0 amide bonds. The number of benzene rings is 1. The zero-order chi connectivity index (χ0) is 14.0. The minimum atomic E-state index is -0.915. The van der Waals surface area contributed by atoms with E-state index in [9.17, 15) is 9.90 Å². The fraction of sp³-hybridized carbons (Fsp3) is 0.286. The molecule has 0 bridgehead atoms. The molecule has 1 N–H and O–H groups in total. The van der Waals surface area contributed by atoms with E-state index in [2.05, 4.69) is 4.98 Å². The van der Waals surface area contributed by atoms with Crippen LogP contribution in [0.1, 0.15) is 29.2 Å². The van der Waals surface area contributed by atoms with Crippen LogP contribution in [0.3, 0.4) is 0 Å². The van der Waals surface area contributed by atoms with Gasteiger partial charge in [-0.2, -0.15) is 0 Å². The van der Waals surface area contributed by atoms with Gasteiger partial charge in [0.1, 0.15) is 9.88 Å². The Hall–Kier alpha value is -1.39. The lowest BCUT2D eigenvalue weighted by atomic mass is 10.1. The van der Waals surface area contributed by atoms with Gasteiger partial charge in [-0.25, -0.2) is 9.78 Å². The third-order valence-corrected chi connectivity index (χ3v) is 3.93. The van der Waals surface area contributed by atoms with Crippen LogP contribution >= 0.6 is 22.9 Å². The summed E-state index contributed by atoms with van der Waals surface area (Å²) in [5, 5.41) is 10.6.